The highest BCUT2D eigenvalue weighted by Gasteiger charge is 2.06. The van der Waals surface area contributed by atoms with Crippen LogP contribution in [0.25, 0.3) is 0 Å². The molecule has 1 aromatic heterocycles. The Morgan fingerprint density at radius 1 is 1.24 bits per heavy atom. The minimum absolute atomic E-state index is 0.899. The molecule has 0 atom stereocenters. The molecule has 0 aliphatic rings. The van der Waals surface area contributed by atoms with Gasteiger partial charge in [0.2, 0.25) is 0 Å². The summed E-state index contributed by atoms with van der Waals surface area (Å²) in [4.78, 5) is 4.22. The molecule has 17 heavy (non-hydrogen) atoms. The molecule has 0 unspecified atom stereocenters. The number of hydrogen-bond donors (Lipinski definition) is 0. The maximum absolute atomic E-state index is 5.14. The van der Waals surface area contributed by atoms with Gasteiger partial charge in [0.05, 0.1) is 19.1 Å². The number of aromatic nitrogens is 2. The average Bonchev–Trinajstić information content (AvgIpc) is 2.67. The minimum atomic E-state index is 0.899. The van der Waals surface area contributed by atoms with E-state index in [-0.39, 0.29) is 0 Å². The van der Waals surface area contributed by atoms with Crippen LogP contribution in [0.15, 0.2) is 35.2 Å². The summed E-state index contributed by atoms with van der Waals surface area (Å²) in [5, 5.41) is 0. The minimum Gasteiger partial charge on any atom is -0.497 e. The predicted octanol–water partition coefficient (Wildman–Crippen LogP) is 2.98. The molecular weight excluding hydrogens is 280 g/mol. The van der Waals surface area contributed by atoms with Crippen molar-refractivity contribution in [1.29, 1.82) is 0 Å². The lowest BCUT2D eigenvalue weighted by Crippen LogP contribution is -1.98. The first-order valence-corrected chi connectivity index (χ1v) is 6.28. The number of benzene rings is 1. The van der Waals surface area contributed by atoms with Gasteiger partial charge in [0.15, 0.2) is 0 Å². The summed E-state index contributed by atoms with van der Waals surface area (Å²) in [6.45, 7) is 0. The van der Waals surface area contributed by atoms with Crippen LogP contribution in [0.1, 0.15) is 11.3 Å². The molecule has 90 valence electrons. The Labute approximate surface area is 110 Å². The Balaban J connectivity index is 2.02. The van der Waals surface area contributed by atoms with Crippen molar-refractivity contribution < 1.29 is 4.74 Å². The van der Waals surface area contributed by atoms with Gasteiger partial charge in [-0.1, -0.05) is 12.1 Å². The highest BCUT2D eigenvalue weighted by molar-refractivity contribution is 9.10. The van der Waals surface area contributed by atoms with Crippen LogP contribution in [0.4, 0.5) is 0 Å². The van der Waals surface area contributed by atoms with Gasteiger partial charge in [-0.05, 0) is 46.5 Å². The van der Waals surface area contributed by atoms with Crippen molar-refractivity contribution in [1.82, 2.24) is 9.55 Å². The van der Waals surface area contributed by atoms with Gasteiger partial charge in [-0.25, -0.2) is 4.98 Å². The van der Waals surface area contributed by atoms with E-state index < -0.39 is 0 Å². The average molecular weight is 295 g/mol. The van der Waals surface area contributed by atoms with Crippen molar-refractivity contribution in [3.8, 4) is 5.75 Å². The van der Waals surface area contributed by atoms with Gasteiger partial charge in [0.1, 0.15) is 10.4 Å². The number of nitrogens with zero attached hydrogens (tertiary/aromatic N) is 2. The van der Waals surface area contributed by atoms with Crippen molar-refractivity contribution in [2.45, 2.75) is 12.8 Å². The molecule has 1 aromatic carbocycles. The van der Waals surface area contributed by atoms with Gasteiger partial charge in [0.25, 0.3) is 0 Å². The van der Waals surface area contributed by atoms with E-state index in [4.69, 9.17) is 4.74 Å². The third-order valence-electron chi connectivity index (χ3n) is 2.82. The zero-order valence-electron chi connectivity index (χ0n) is 9.98. The van der Waals surface area contributed by atoms with Crippen LogP contribution >= 0.6 is 15.9 Å². The van der Waals surface area contributed by atoms with E-state index in [9.17, 15) is 0 Å². The third kappa shape index (κ3) is 2.88. The first-order chi connectivity index (χ1) is 8.20. The fourth-order valence-electron chi connectivity index (χ4n) is 1.76. The van der Waals surface area contributed by atoms with E-state index in [2.05, 4.69) is 33.0 Å². The number of hydrogen-bond acceptors (Lipinski definition) is 2. The number of imidazole rings is 1. The number of ether oxygens (including phenoxy) is 1. The van der Waals surface area contributed by atoms with E-state index in [1.807, 2.05) is 30.1 Å². The first-order valence-electron chi connectivity index (χ1n) is 5.49. The summed E-state index contributed by atoms with van der Waals surface area (Å²) in [6, 6.07) is 8.19. The second-order valence-electron chi connectivity index (χ2n) is 3.94. The quantitative estimate of drug-likeness (QED) is 0.867. The van der Waals surface area contributed by atoms with Crippen LogP contribution in [0, 0.1) is 0 Å². The Morgan fingerprint density at radius 2 is 1.94 bits per heavy atom. The molecule has 0 fully saturated rings. The molecule has 0 saturated carbocycles. The lowest BCUT2D eigenvalue weighted by atomic mass is 10.1. The summed E-state index contributed by atoms with van der Waals surface area (Å²) in [5.74, 6) is 0.899. The molecule has 0 bridgehead atoms. The fraction of sp³-hybridized carbons (Fsp3) is 0.308. The van der Waals surface area contributed by atoms with Gasteiger partial charge in [0, 0.05) is 7.05 Å². The second kappa shape index (κ2) is 5.36. The molecule has 4 heteroatoms. The molecule has 0 aliphatic carbocycles. The maximum atomic E-state index is 5.14. The third-order valence-corrected chi connectivity index (χ3v) is 3.48. The summed E-state index contributed by atoms with van der Waals surface area (Å²) in [6.07, 6.45) is 3.80. The van der Waals surface area contributed by atoms with Crippen LogP contribution in [-0.2, 0) is 19.9 Å². The van der Waals surface area contributed by atoms with Gasteiger partial charge < -0.3 is 9.30 Å². The molecule has 2 aromatic rings. The highest BCUT2D eigenvalue weighted by atomic mass is 79.9. The molecule has 0 saturated heterocycles. The van der Waals surface area contributed by atoms with Crippen molar-refractivity contribution in [2.24, 2.45) is 7.05 Å². The molecule has 1 heterocycles. The smallest absolute Gasteiger partial charge is 0.127 e. The SMILES string of the molecule is COc1ccc(CCc2c(Br)ncn2C)cc1. The first kappa shape index (κ1) is 12.2. The number of halogens is 1. The molecule has 0 aliphatic heterocycles. The molecule has 0 radical (unpaired) electrons. The van der Waals surface area contributed by atoms with E-state index >= 15 is 0 Å². The van der Waals surface area contributed by atoms with Crippen molar-refractivity contribution in [3.05, 3.63) is 46.5 Å². The Morgan fingerprint density at radius 3 is 2.47 bits per heavy atom. The highest BCUT2D eigenvalue weighted by Crippen LogP contribution is 2.17. The molecule has 2 rings (SSSR count). The van der Waals surface area contributed by atoms with Gasteiger partial charge in [-0.3, -0.25) is 0 Å². The fourth-order valence-corrected chi connectivity index (χ4v) is 2.33. The standard InChI is InChI=1S/C13H15BrN2O/c1-16-9-15-13(14)12(16)8-5-10-3-6-11(17-2)7-4-10/h3-4,6-7,9H,5,8H2,1-2H3. The lowest BCUT2D eigenvalue weighted by molar-refractivity contribution is 0.414. The van der Waals surface area contributed by atoms with Gasteiger partial charge in [-0.15, -0.1) is 0 Å². The largest absolute Gasteiger partial charge is 0.497 e. The normalized spacial score (nSPS) is 10.5. The molecule has 0 N–H and O–H groups in total. The molecule has 3 nitrogen and oxygen atoms in total. The Bertz CT molecular complexity index is 471. The van der Waals surface area contributed by atoms with Gasteiger partial charge in [-0.2, -0.15) is 0 Å². The van der Waals surface area contributed by atoms with Crippen LogP contribution in [0.5, 0.6) is 5.75 Å². The molecular formula is C13H15BrN2O. The zero-order valence-corrected chi connectivity index (χ0v) is 11.6. The monoisotopic (exact) mass is 294 g/mol. The second-order valence-corrected chi connectivity index (χ2v) is 4.69. The topological polar surface area (TPSA) is 27.1 Å². The van der Waals surface area contributed by atoms with E-state index in [0.29, 0.717) is 0 Å². The van der Waals surface area contributed by atoms with Crippen LogP contribution in [-0.4, -0.2) is 16.7 Å². The summed E-state index contributed by atoms with van der Waals surface area (Å²) in [5.41, 5.74) is 2.53. The Kier molecular flexibility index (Phi) is 3.84. The predicted molar refractivity (Wildman–Crippen MR) is 71.3 cm³/mol. The summed E-state index contributed by atoms with van der Waals surface area (Å²) in [7, 11) is 3.70. The van der Waals surface area contributed by atoms with Gasteiger partial charge >= 0.3 is 0 Å². The molecule has 0 spiro atoms. The van der Waals surface area contributed by atoms with E-state index in [0.717, 1.165) is 23.2 Å². The number of methoxy groups -OCH3 is 1. The Hall–Kier alpha value is -1.29. The molecule has 0 amide bonds. The van der Waals surface area contributed by atoms with E-state index in [1.54, 1.807) is 7.11 Å². The maximum Gasteiger partial charge on any atom is 0.127 e. The van der Waals surface area contributed by atoms with Crippen molar-refractivity contribution >= 4 is 15.9 Å². The van der Waals surface area contributed by atoms with Crippen LogP contribution in [0.2, 0.25) is 0 Å². The van der Waals surface area contributed by atoms with Crippen LogP contribution < -0.4 is 4.74 Å². The number of aryl methyl sites for hydroxylation is 2. The van der Waals surface area contributed by atoms with Crippen molar-refractivity contribution in [3.63, 3.8) is 0 Å². The summed E-state index contributed by atoms with van der Waals surface area (Å²) < 4.78 is 8.12. The zero-order chi connectivity index (χ0) is 12.3. The number of rotatable bonds is 4. The van der Waals surface area contributed by atoms with Crippen LogP contribution in [0.3, 0.4) is 0 Å². The lowest BCUT2D eigenvalue weighted by Gasteiger charge is -2.05. The summed E-state index contributed by atoms with van der Waals surface area (Å²) >= 11 is 3.46. The van der Waals surface area contributed by atoms with E-state index in [1.165, 1.54) is 11.3 Å². The van der Waals surface area contributed by atoms with Crippen molar-refractivity contribution in [2.75, 3.05) is 7.11 Å².